The molecule has 0 spiro atoms. The van der Waals surface area contributed by atoms with E-state index in [1.165, 1.54) is 12.1 Å². The predicted molar refractivity (Wildman–Crippen MR) is 75.1 cm³/mol. The lowest BCUT2D eigenvalue weighted by atomic mass is 9.76. The molecule has 4 nitrogen and oxygen atoms in total. The summed E-state index contributed by atoms with van der Waals surface area (Å²) in [5, 5.41) is 31.0. The van der Waals surface area contributed by atoms with Gasteiger partial charge in [-0.25, -0.2) is 0 Å². The van der Waals surface area contributed by atoms with Crippen LogP contribution in [0.2, 0.25) is 0 Å². The highest BCUT2D eigenvalue weighted by Crippen LogP contribution is 2.48. The molecule has 3 rings (SSSR count). The molecule has 3 N–H and O–H groups in total. The van der Waals surface area contributed by atoms with E-state index in [1.54, 1.807) is 18.2 Å². The Bertz CT molecular complexity index is 679. The fourth-order valence-corrected chi connectivity index (χ4v) is 3.35. The molecule has 2 aromatic carbocycles. The Kier molecular flexibility index (Phi) is 2.82. The quantitative estimate of drug-likeness (QED) is 0.784. The molecule has 0 aromatic heterocycles. The molecule has 0 bridgehead atoms. The van der Waals surface area contributed by atoms with Crippen molar-refractivity contribution in [3.63, 3.8) is 0 Å². The molecule has 4 heteroatoms. The summed E-state index contributed by atoms with van der Waals surface area (Å²) >= 11 is 0. The summed E-state index contributed by atoms with van der Waals surface area (Å²) in [5.74, 6) is -0.837. The van der Waals surface area contributed by atoms with E-state index in [4.69, 9.17) is 0 Å². The van der Waals surface area contributed by atoms with Crippen molar-refractivity contribution >= 4 is 16.7 Å². The minimum Gasteiger partial charge on any atom is -0.508 e. The lowest BCUT2D eigenvalue weighted by molar-refractivity contribution is -0.143. The second kappa shape index (κ2) is 4.40. The Morgan fingerprint density at radius 2 is 1.70 bits per heavy atom. The van der Waals surface area contributed by atoms with E-state index in [0.717, 1.165) is 18.2 Å². The van der Waals surface area contributed by atoms with Gasteiger partial charge in [0.1, 0.15) is 11.5 Å². The van der Waals surface area contributed by atoms with Crippen molar-refractivity contribution in [2.24, 2.45) is 0 Å². The maximum Gasteiger partial charge on any atom is 0.314 e. The molecule has 0 saturated heterocycles. The van der Waals surface area contributed by atoms with Crippen molar-refractivity contribution in [1.29, 1.82) is 0 Å². The Morgan fingerprint density at radius 1 is 1.05 bits per heavy atom. The first kappa shape index (κ1) is 12.8. The molecule has 20 heavy (non-hydrogen) atoms. The van der Waals surface area contributed by atoms with Crippen molar-refractivity contribution in [1.82, 2.24) is 0 Å². The molecule has 1 aliphatic rings. The standard InChI is InChI=1S/C16H16O4/c17-11-5-3-10-4-6-13(18)14(12(10)9-11)16(15(19)20)7-1-2-8-16/h3-6,9,17-18H,1-2,7-8H2,(H,19,20). The van der Waals surface area contributed by atoms with Crippen molar-refractivity contribution in [3.8, 4) is 11.5 Å². The average Bonchev–Trinajstić information content (AvgIpc) is 2.88. The molecule has 2 aromatic rings. The van der Waals surface area contributed by atoms with Crippen LogP contribution in [0.25, 0.3) is 10.8 Å². The van der Waals surface area contributed by atoms with Crippen LogP contribution in [0.1, 0.15) is 31.2 Å². The molecule has 1 aliphatic carbocycles. The van der Waals surface area contributed by atoms with E-state index in [2.05, 4.69) is 0 Å². The second-order valence-corrected chi connectivity index (χ2v) is 5.46. The van der Waals surface area contributed by atoms with Gasteiger partial charge in [-0.1, -0.05) is 25.0 Å². The molecule has 0 atom stereocenters. The summed E-state index contributed by atoms with van der Waals surface area (Å²) in [4.78, 5) is 11.8. The minimum absolute atomic E-state index is 0.00704. The van der Waals surface area contributed by atoms with Crippen LogP contribution in [-0.4, -0.2) is 21.3 Å². The number of rotatable bonds is 2. The first-order chi connectivity index (χ1) is 9.54. The topological polar surface area (TPSA) is 77.8 Å². The van der Waals surface area contributed by atoms with Gasteiger partial charge in [-0.05, 0) is 41.8 Å². The number of hydrogen-bond acceptors (Lipinski definition) is 3. The van der Waals surface area contributed by atoms with Gasteiger partial charge < -0.3 is 15.3 Å². The number of benzene rings is 2. The summed E-state index contributed by atoms with van der Waals surface area (Å²) in [6, 6.07) is 8.10. The molecule has 1 saturated carbocycles. The molecule has 0 heterocycles. The minimum atomic E-state index is -1.04. The molecule has 0 radical (unpaired) electrons. The number of phenols is 2. The van der Waals surface area contributed by atoms with Gasteiger partial charge in [0, 0.05) is 5.56 Å². The normalized spacial score (nSPS) is 17.4. The number of aliphatic carboxylic acids is 1. The largest absolute Gasteiger partial charge is 0.508 e. The lowest BCUT2D eigenvalue weighted by Crippen LogP contribution is -2.32. The monoisotopic (exact) mass is 272 g/mol. The number of fused-ring (bicyclic) bond motifs is 1. The number of carboxylic acid groups (broad SMARTS) is 1. The van der Waals surface area contributed by atoms with Crippen LogP contribution in [0.5, 0.6) is 11.5 Å². The molecular formula is C16H16O4. The van der Waals surface area contributed by atoms with Crippen LogP contribution in [-0.2, 0) is 10.2 Å². The summed E-state index contributed by atoms with van der Waals surface area (Å²) in [7, 11) is 0. The van der Waals surface area contributed by atoms with Gasteiger partial charge in [0.05, 0.1) is 5.41 Å². The molecule has 0 unspecified atom stereocenters. The van der Waals surface area contributed by atoms with Gasteiger partial charge in [0.25, 0.3) is 0 Å². The van der Waals surface area contributed by atoms with Gasteiger partial charge in [-0.2, -0.15) is 0 Å². The molecule has 0 aliphatic heterocycles. The van der Waals surface area contributed by atoms with Gasteiger partial charge in [0.2, 0.25) is 0 Å². The van der Waals surface area contributed by atoms with E-state index in [9.17, 15) is 20.1 Å². The number of aromatic hydroxyl groups is 2. The molecule has 1 fully saturated rings. The molecule has 104 valence electrons. The summed E-state index contributed by atoms with van der Waals surface area (Å²) < 4.78 is 0. The predicted octanol–water partition coefficient (Wildman–Crippen LogP) is 3.15. The summed E-state index contributed by atoms with van der Waals surface area (Å²) in [6.45, 7) is 0. The van der Waals surface area contributed by atoms with Crippen molar-refractivity contribution in [2.45, 2.75) is 31.1 Å². The Labute approximate surface area is 116 Å². The van der Waals surface area contributed by atoms with Gasteiger partial charge in [-0.15, -0.1) is 0 Å². The second-order valence-electron chi connectivity index (χ2n) is 5.46. The zero-order valence-corrected chi connectivity index (χ0v) is 11.0. The van der Waals surface area contributed by atoms with Crippen LogP contribution in [0.15, 0.2) is 30.3 Å². The van der Waals surface area contributed by atoms with Crippen molar-refractivity contribution in [3.05, 3.63) is 35.9 Å². The first-order valence-corrected chi connectivity index (χ1v) is 6.73. The van der Waals surface area contributed by atoms with Gasteiger partial charge in [-0.3, -0.25) is 4.79 Å². The van der Waals surface area contributed by atoms with Crippen LogP contribution in [0.4, 0.5) is 0 Å². The summed E-state index contributed by atoms with van der Waals surface area (Å²) in [6.07, 6.45) is 2.71. The first-order valence-electron chi connectivity index (χ1n) is 6.73. The smallest absolute Gasteiger partial charge is 0.314 e. The van der Waals surface area contributed by atoms with Crippen LogP contribution >= 0.6 is 0 Å². The van der Waals surface area contributed by atoms with Crippen molar-refractivity contribution in [2.75, 3.05) is 0 Å². The number of carbonyl (C=O) groups is 1. The number of carboxylic acids is 1. The molecule has 0 amide bonds. The van der Waals surface area contributed by atoms with E-state index < -0.39 is 11.4 Å². The average molecular weight is 272 g/mol. The SMILES string of the molecule is O=C(O)C1(c2c(O)ccc3ccc(O)cc23)CCCC1. The third-order valence-corrected chi connectivity index (χ3v) is 4.33. The van der Waals surface area contributed by atoms with Crippen LogP contribution in [0.3, 0.4) is 0 Å². The van der Waals surface area contributed by atoms with E-state index >= 15 is 0 Å². The van der Waals surface area contributed by atoms with Gasteiger partial charge in [0.15, 0.2) is 0 Å². The van der Waals surface area contributed by atoms with Crippen molar-refractivity contribution < 1.29 is 20.1 Å². The Balaban J connectivity index is 2.36. The van der Waals surface area contributed by atoms with E-state index in [1.807, 2.05) is 0 Å². The lowest BCUT2D eigenvalue weighted by Gasteiger charge is -2.27. The van der Waals surface area contributed by atoms with Crippen LogP contribution in [0, 0.1) is 0 Å². The number of phenolic OH excluding ortho intramolecular Hbond substituents is 2. The molecular weight excluding hydrogens is 256 g/mol. The summed E-state index contributed by atoms with van der Waals surface area (Å²) in [5.41, 5.74) is -0.604. The highest BCUT2D eigenvalue weighted by molar-refractivity contribution is 5.96. The maximum atomic E-state index is 11.8. The fraction of sp³-hybridized carbons (Fsp3) is 0.312. The Hall–Kier alpha value is -2.23. The zero-order valence-electron chi connectivity index (χ0n) is 11.0. The zero-order chi connectivity index (χ0) is 14.3. The van der Waals surface area contributed by atoms with E-state index in [0.29, 0.717) is 23.8 Å². The third kappa shape index (κ3) is 1.72. The van der Waals surface area contributed by atoms with E-state index in [-0.39, 0.29) is 11.5 Å². The maximum absolute atomic E-state index is 11.8. The number of hydrogen-bond donors (Lipinski definition) is 3. The fourth-order valence-electron chi connectivity index (χ4n) is 3.35. The third-order valence-electron chi connectivity index (χ3n) is 4.33. The highest BCUT2D eigenvalue weighted by Gasteiger charge is 2.45. The van der Waals surface area contributed by atoms with Gasteiger partial charge >= 0.3 is 5.97 Å². The highest BCUT2D eigenvalue weighted by atomic mass is 16.4. The Morgan fingerprint density at radius 3 is 2.35 bits per heavy atom. The van der Waals surface area contributed by atoms with Crippen LogP contribution < -0.4 is 0 Å².